The molecule has 0 saturated carbocycles. The molecule has 1 aliphatic heterocycles. The van der Waals surface area contributed by atoms with Gasteiger partial charge in [-0.15, -0.1) is 0 Å². The summed E-state index contributed by atoms with van der Waals surface area (Å²) >= 11 is 0. The maximum absolute atomic E-state index is 13.1. The Balaban J connectivity index is 1.46. The molecule has 2 aromatic rings. The number of Topliss-reactive ketones (excluding diaryl/α,β-unsaturated/α-hetero) is 1. The lowest BCUT2D eigenvalue weighted by molar-refractivity contribution is 0.0653. The number of carbonyl (C=O) groups excluding carboxylic acids is 1. The van der Waals surface area contributed by atoms with E-state index in [9.17, 15) is 14.3 Å². The Kier molecular flexibility index (Phi) is 7.06. The first-order chi connectivity index (χ1) is 14.0. The molecule has 1 aliphatic rings. The summed E-state index contributed by atoms with van der Waals surface area (Å²) < 4.78 is 24.1. The van der Waals surface area contributed by atoms with Gasteiger partial charge in [0.1, 0.15) is 18.5 Å². The van der Waals surface area contributed by atoms with Gasteiger partial charge < -0.3 is 19.5 Å². The van der Waals surface area contributed by atoms with Crippen molar-refractivity contribution in [2.24, 2.45) is 0 Å². The molecule has 0 unspecified atom stereocenters. The molecule has 0 aromatic heterocycles. The van der Waals surface area contributed by atoms with E-state index in [4.69, 9.17) is 9.47 Å². The molecule has 0 aliphatic carbocycles. The summed E-state index contributed by atoms with van der Waals surface area (Å²) in [5.41, 5.74) is 1.56. The van der Waals surface area contributed by atoms with Gasteiger partial charge in [-0.05, 0) is 49.4 Å². The average Bonchev–Trinajstić information content (AvgIpc) is 2.73. The van der Waals surface area contributed by atoms with E-state index in [0.717, 1.165) is 31.9 Å². The lowest BCUT2D eigenvalue weighted by atomic mass is 10.1. The third-order valence-electron chi connectivity index (χ3n) is 5.03. The van der Waals surface area contributed by atoms with E-state index >= 15 is 0 Å². The van der Waals surface area contributed by atoms with Crippen molar-refractivity contribution >= 4 is 11.5 Å². The first-order valence-electron chi connectivity index (χ1n) is 9.69. The standard InChI is InChI=1S/C22H27FN2O4/c1-16(26)17-3-8-21(22(13-17)28-2)29-15-20(27)14-24-9-11-25(12-10-24)19-6-4-18(23)5-7-19/h3-8,13,20,27H,9-12,14-15H2,1-2H3/t20-/m1/s1. The molecule has 156 valence electrons. The van der Waals surface area contributed by atoms with Gasteiger partial charge >= 0.3 is 0 Å². The summed E-state index contributed by atoms with van der Waals surface area (Å²) in [5.74, 6) is 0.688. The Morgan fingerprint density at radius 3 is 2.41 bits per heavy atom. The molecule has 3 rings (SSSR count). The third kappa shape index (κ3) is 5.68. The maximum atomic E-state index is 13.1. The summed E-state index contributed by atoms with van der Waals surface area (Å²) in [5, 5.41) is 10.4. The van der Waals surface area contributed by atoms with Crippen molar-refractivity contribution in [2.45, 2.75) is 13.0 Å². The van der Waals surface area contributed by atoms with Crippen molar-refractivity contribution in [1.29, 1.82) is 0 Å². The molecule has 1 fully saturated rings. The highest BCUT2D eigenvalue weighted by molar-refractivity contribution is 5.94. The van der Waals surface area contributed by atoms with Gasteiger partial charge in [-0.2, -0.15) is 0 Å². The van der Waals surface area contributed by atoms with Crippen molar-refractivity contribution in [3.63, 3.8) is 0 Å². The predicted octanol–water partition coefficient (Wildman–Crippen LogP) is 2.60. The first kappa shape index (κ1) is 21.1. The predicted molar refractivity (Wildman–Crippen MR) is 110 cm³/mol. The summed E-state index contributed by atoms with van der Waals surface area (Å²) in [6.07, 6.45) is -0.649. The first-order valence-corrected chi connectivity index (χ1v) is 9.69. The highest BCUT2D eigenvalue weighted by Crippen LogP contribution is 2.28. The number of rotatable bonds is 8. The molecule has 0 spiro atoms. The summed E-state index contributed by atoms with van der Waals surface area (Å²) in [6, 6.07) is 11.5. The average molecular weight is 402 g/mol. The lowest BCUT2D eigenvalue weighted by Gasteiger charge is -2.36. The van der Waals surface area contributed by atoms with Crippen LogP contribution in [0.25, 0.3) is 0 Å². The van der Waals surface area contributed by atoms with Crippen molar-refractivity contribution in [2.75, 3.05) is 51.3 Å². The smallest absolute Gasteiger partial charge is 0.161 e. The number of hydrogen-bond donors (Lipinski definition) is 1. The van der Waals surface area contributed by atoms with Crippen LogP contribution in [0.1, 0.15) is 17.3 Å². The normalized spacial score (nSPS) is 15.8. The van der Waals surface area contributed by atoms with Crippen LogP contribution >= 0.6 is 0 Å². The van der Waals surface area contributed by atoms with E-state index in [1.807, 2.05) is 0 Å². The number of β-amino-alcohol motifs (C(OH)–C–C–N with tert-alkyl or cyclic N) is 1. The minimum atomic E-state index is -0.649. The highest BCUT2D eigenvalue weighted by Gasteiger charge is 2.20. The van der Waals surface area contributed by atoms with Gasteiger partial charge in [0.25, 0.3) is 0 Å². The number of ether oxygens (including phenoxy) is 2. The number of methoxy groups -OCH3 is 1. The fourth-order valence-corrected chi connectivity index (χ4v) is 3.38. The number of nitrogens with zero attached hydrogens (tertiary/aromatic N) is 2. The van der Waals surface area contributed by atoms with Crippen LogP contribution in [0.15, 0.2) is 42.5 Å². The van der Waals surface area contributed by atoms with Gasteiger partial charge in [0, 0.05) is 44.0 Å². The molecule has 0 bridgehead atoms. The fraction of sp³-hybridized carbons (Fsp3) is 0.409. The van der Waals surface area contributed by atoms with Crippen LogP contribution in [0, 0.1) is 5.82 Å². The Bertz CT molecular complexity index is 820. The van der Waals surface area contributed by atoms with Crippen molar-refractivity contribution in [3.05, 3.63) is 53.8 Å². The van der Waals surface area contributed by atoms with Crippen LogP contribution in [0.4, 0.5) is 10.1 Å². The largest absolute Gasteiger partial charge is 0.493 e. The van der Waals surface area contributed by atoms with E-state index in [1.54, 1.807) is 30.3 Å². The number of anilines is 1. The number of carbonyl (C=O) groups is 1. The second-order valence-electron chi connectivity index (χ2n) is 7.15. The maximum Gasteiger partial charge on any atom is 0.161 e. The molecule has 7 heteroatoms. The van der Waals surface area contributed by atoms with E-state index in [2.05, 4.69) is 9.80 Å². The minimum Gasteiger partial charge on any atom is -0.493 e. The van der Waals surface area contributed by atoms with Gasteiger partial charge in [-0.3, -0.25) is 9.69 Å². The Labute approximate surface area is 170 Å². The Morgan fingerprint density at radius 2 is 1.79 bits per heavy atom. The van der Waals surface area contributed by atoms with E-state index < -0.39 is 6.10 Å². The summed E-state index contributed by atoms with van der Waals surface area (Å²) in [4.78, 5) is 15.9. The Hall–Kier alpha value is -2.64. The number of benzene rings is 2. The number of hydrogen-bond acceptors (Lipinski definition) is 6. The van der Waals surface area contributed by atoms with E-state index in [0.29, 0.717) is 23.6 Å². The molecule has 1 N–H and O–H groups in total. The fourth-order valence-electron chi connectivity index (χ4n) is 3.38. The van der Waals surface area contributed by atoms with Gasteiger partial charge in [-0.25, -0.2) is 4.39 Å². The second kappa shape index (κ2) is 9.71. The molecular formula is C22H27FN2O4. The third-order valence-corrected chi connectivity index (χ3v) is 5.03. The monoisotopic (exact) mass is 402 g/mol. The van der Waals surface area contributed by atoms with Gasteiger partial charge in [0.05, 0.1) is 7.11 Å². The van der Waals surface area contributed by atoms with Crippen molar-refractivity contribution in [1.82, 2.24) is 4.90 Å². The lowest BCUT2D eigenvalue weighted by Crippen LogP contribution is -2.49. The molecular weight excluding hydrogens is 375 g/mol. The molecule has 1 atom stereocenters. The Morgan fingerprint density at radius 1 is 1.10 bits per heavy atom. The summed E-state index contributed by atoms with van der Waals surface area (Å²) in [7, 11) is 1.52. The summed E-state index contributed by atoms with van der Waals surface area (Å²) in [6.45, 7) is 5.39. The van der Waals surface area contributed by atoms with Crippen LogP contribution in [-0.4, -0.2) is 68.3 Å². The highest BCUT2D eigenvalue weighted by atomic mass is 19.1. The van der Waals surface area contributed by atoms with Crippen LogP contribution in [0.2, 0.25) is 0 Å². The van der Waals surface area contributed by atoms with Crippen molar-refractivity contribution in [3.8, 4) is 11.5 Å². The molecule has 0 amide bonds. The minimum absolute atomic E-state index is 0.0466. The zero-order valence-corrected chi connectivity index (χ0v) is 16.8. The van der Waals surface area contributed by atoms with E-state index in [-0.39, 0.29) is 18.2 Å². The van der Waals surface area contributed by atoms with Gasteiger partial charge in [-0.1, -0.05) is 0 Å². The molecule has 1 heterocycles. The molecule has 29 heavy (non-hydrogen) atoms. The zero-order valence-electron chi connectivity index (χ0n) is 16.8. The van der Waals surface area contributed by atoms with Crippen molar-refractivity contribution < 1.29 is 23.8 Å². The van der Waals surface area contributed by atoms with Crippen LogP contribution in [0.3, 0.4) is 0 Å². The van der Waals surface area contributed by atoms with E-state index in [1.165, 1.54) is 26.2 Å². The number of aliphatic hydroxyl groups excluding tert-OH is 1. The number of ketones is 1. The number of piperazine rings is 1. The second-order valence-corrected chi connectivity index (χ2v) is 7.15. The van der Waals surface area contributed by atoms with Crippen LogP contribution in [-0.2, 0) is 0 Å². The number of halogens is 1. The molecule has 6 nitrogen and oxygen atoms in total. The quantitative estimate of drug-likeness (QED) is 0.685. The molecule has 2 aromatic carbocycles. The van der Waals surface area contributed by atoms with Gasteiger partial charge in [0.2, 0.25) is 0 Å². The number of aliphatic hydroxyl groups is 1. The van der Waals surface area contributed by atoms with Crippen LogP contribution in [0.5, 0.6) is 11.5 Å². The molecule has 1 saturated heterocycles. The topological polar surface area (TPSA) is 62.2 Å². The zero-order chi connectivity index (χ0) is 20.8. The molecule has 0 radical (unpaired) electrons. The van der Waals surface area contributed by atoms with Gasteiger partial charge in [0.15, 0.2) is 17.3 Å². The van der Waals surface area contributed by atoms with Crippen LogP contribution < -0.4 is 14.4 Å². The SMILES string of the molecule is COc1cc(C(C)=O)ccc1OC[C@H](O)CN1CCN(c2ccc(F)cc2)CC1.